The number of aromatic nitrogens is 2. The number of nitrogens with zero attached hydrogens (tertiary/aromatic N) is 2. The molecule has 3 heterocycles. The second kappa shape index (κ2) is 8.21. The SMILES string of the molecule is O=C1C(=Cc2nc3sc(-c4cc5ccccc5o4)cc3n2-c2ccccc2)C(=O)c2cc3ccccc3cc21. The highest BCUT2D eigenvalue weighted by atomic mass is 32.1. The first-order chi connectivity index (χ1) is 19.1. The van der Waals surface area contributed by atoms with E-state index in [1.54, 1.807) is 6.08 Å². The van der Waals surface area contributed by atoms with Crippen LogP contribution in [0.3, 0.4) is 0 Å². The first-order valence-corrected chi connectivity index (χ1v) is 13.4. The number of rotatable bonds is 3. The maximum atomic E-state index is 13.4. The number of allylic oxidation sites excluding steroid dienone is 1. The van der Waals surface area contributed by atoms with Crippen molar-refractivity contribution in [2.24, 2.45) is 0 Å². The minimum absolute atomic E-state index is 0.132. The van der Waals surface area contributed by atoms with Crippen LogP contribution in [0.5, 0.6) is 0 Å². The average molecular weight is 523 g/mol. The number of thiophene rings is 1. The number of para-hydroxylation sites is 2. The number of hydrogen-bond donors (Lipinski definition) is 0. The maximum Gasteiger partial charge on any atom is 0.197 e. The van der Waals surface area contributed by atoms with Crippen LogP contribution in [-0.2, 0) is 0 Å². The van der Waals surface area contributed by atoms with Crippen LogP contribution in [0.25, 0.3) is 54.5 Å². The van der Waals surface area contributed by atoms with Crippen LogP contribution in [0, 0.1) is 0 Å². The van der Waals surface area contributed by atoms with Gasteiger partial charge in [0.1, 0.15) is 22.0 Å². The molecule has 0 fully saturated rings. The quantitative estimate of drug-likeness (QED) is 0.174. The van der Waals surface area contributed by atoms with E-state index in [-0.39, 0.29) is 17.1 Å². The summed E-state index contributed by atoms with van der Waals surface area (Å²) in [5, 5.41) is 2.91. The predicted molar refractivity (Wildman–Crippen MR) is 155 cm³/mol. The van der Waals surface area contributed by atoms with Gasteiger partial charge in [0.15, 0.2) is 11.6 Å². The van der Waals surface area contributed by atoms with Gasteiger partial charge < -0.3 is 4.42 Å². The van der Waals surface area contributed by atoms with E-state index in [2.05, 4.69) is 6.07 Å². The van der Waals surface area contributed by atoms with E-state index in [0.717, 1.165) is 48.4 Å². The standard InChI is InChI=1S/C33H18N2O3S/c36-31-23-14-19-8-4-5-9-20(19)15-24(23)32(37)25(31)17-30-34-33-26(35(30)22-11-2-1-3-12-22)18-29(39-33)28-16-21-10-6-7-13-27(21)38-28/h1-18H. The van der Waals surface area contributed by atoms with Crippen molar-refractivity contribution in [3.05, 3.63) is 126 Å². The van der Waals surface area contributed by atoms with Crippen LogP contribution in [0.1, 0.15) is 26.5 Å². The molecule has 0 spiro atoms. The van der Waals surface area contributed by atoms with E-state index < -0.39 is 0 Å². The molecule has 6 heteroatoms. The molecule has 0 unspecified atom stereocenters. The Morgan fingerprint density at radius 2 is 1.36 bits per heavy atom. The molecule has 0 N–H and O–H groups in total. The topological polar surface area (TPSA) is 65.1 Å². The summed E-state index contributed by atoms with van der Waals surface area (Å²) >= 11 is 1.52. The van der Waals surface area contributed by atoms with Gasteiger partial charge in [0.25, 0.3) is 0 Å². The highest BCUT2D eigenvalue weighted by Gasteiger charge is 2.34. The molecule has 0 atom stereocenters. The number of fused-ring (bicyclic) bond motifs is 4. The van der Waals surface area contributed by atoms with Crippen molar-refractivity contribution < 1.29 is 14.0 Å². The lowest BCUT2D eigenvalue weighted by Gasteiger charge is -2.06. The minimum atomic E-state index is -0.269. The predicted octanol–water partition coefficient (Wildman–Crippen LogP) is 8.12. The van der Waals surface area contributed by atoms with Gasteiger partial charge in [-0.1, -0.05) is 60.7 Å². The Morgan fingerprint density at radius 1 is 0.718 bits per heavy atom. The first kappa shape index (κ1) is 22.0. The summed E-state index contributed by atoms with van der Waals surface area (Å²) in [7, 11) is 0. The van der Waals surface area contributed by atoms with Gasteiger partial charge in [0.05, 0.1) is 16.0 Å². The summed E-state index contributed by atoms with van der Waals surface area (Å²) in [4.78, 5) is 33.5. The van der Waals surface area contributed by atoms with E-state index in [4.69, 9.17) is 9.40 Å². The molecule has 184 valence electrons. The summed E-state index contributed by atoms with van der Waals surface area (Å²) in [6.45, 7) is 0. The second-order valence-electron chi connectivity index (χ2n) is 9.55. The van der Waals surface area contributed by atoms with Crippen LogP contribution >= 0.6 is 11.3 Å². The number of hydrogen-bond acceptors (Lipinski definition) is 5. The van der Waals surface area contributed by atoms with Crippen molar-refractivity contribution >= 4 is 61.1 Å². The van der Waals surface area contributed by atoms with Gasteiger partial charge in [-0.15, -0.1) is 11.3 Å². The maximum absolute atomic E-state index is 13.4. The fraction of sp³-hybridized carbons (Fsp3) is 0. The van der Waals surface area contributed by atoms with Crippen molar-refractivity contribution in [3.63, 3.8) is 0 Å². The highest BCUT2D eigenvalue weighted by molar-refractivity contribution is 7.21. The van der Waals surface area contributed by atoms with Crippen molar-refractivity contribution in [2.45, 2.75) is 0 Å². The third kappa shape index (κ3) is 3.35. The van der Waals surface area contributed by atoms with E-state index in [1.807, 2.05) is 102 Å². The van der Waals surface area contributed by atoms with Crippen LogP contribution in [-0.4, -0.2) is 21.1 Å². The van der Waals surface area contributed by atoms with E-state index in [9.17, 15) is 9.59 Å². The highest BCUT2D eigenvalue weighted by Crippen LogP contribution is 2.39. The van der Waals surface area contributed by atoms with Crippen molar-refractivity contribution in [3.8, 4) is 16.3 Å². The Kier molecular flexibility index (Phi) is 4.63. The lowest BCUT2D eigenvalue weighted by Crippen LogP contribution is -2.03. The Morgan fingerprint density at radius 3 is 2.05 bits per heavy atom. The van der Waals surface area contributed by atoms with Gasteiger partial charge >= 0.3 is 0 Å². The lowest BCUT2D eigenvalue weighted by atomic mass is 10.0. The van der Waals surface area contributed by atoms with Gasteiger partial charge in [-0.3, -0.25) is 14.2 Å². The molecule has 1 aliphatic rings. The van der Waals surface area contributed by atoms with E-state index in [0.29, 0.717) is 17.0 Å². The molecule has 1 aliphatic carbocycles. The summed E-state index contributed by atoms with van der Waals surface area (Å²) in [6, 6.07) is 33.2. The molecule has 4 aromatic carbocycles. The normalized spacial score (nSPS) is 13.2. The van der Waals surface area contributed by atoms with Gasteiger partial charge in [-0.2, -0.15) is 0 Å². The summed E-state index contributed by atoms with van der Waals surface area (Å²) in [5.41, 5.74) is 3.62. The number of furan rings is 1. The second-order valence-corrected chi connectivity index (χ2v) is 10.6. The van der Waals surface area contributed by atoms with Gasteiger partial charge in [-0.05, 0) is 59.3 Å². The zero-order valence-electron chi connectivity index (χ0n) is 20.4. The minimum Gasteiger partial charge on any atom is -0.455 e. The van der Waals surface area contributed by atoms with Crippen LogP contribution in [0.4, 0.5) is 0 Å². The Balaban J connectivity index is 1.29. The van der Waals surface area contributed by atoms with E-state index >= 15 is 0 Å². The number of carbonyl (C=O) groups excluding carboxylic acids is 2. The zero-order valence-corrected chi connectivity index (χ0v) is 21.2. The molecule has 0 saturated carbocycles. The van der Waals surface area contributed by atoms with E-state index in [1.165, 1.54) is 11.3 Å². The monoisotopic (exact) mass is 522 g/mol. The molecule has 39 heavy (non-hydrogen) atoms. The van der Waals surface area contributed by atoms with Crippen molar-refractivity contribution in [1.82, 2.24) is 9.55 Å². The zero-order chi connectivity index (χ0) is 26.1. The largest absolute Gasteiger partial charge is 0.455 e. The van der Waals surface area contributed by atoms with Crippen LogP contribution < -0.4 is 0 Å². The number of imidazole rings is 1. The third-order valence-corrected chi connectivity index (χ3v) is 8.23. The smallest absolute Gasteiger partial charge is 0.197 e. The van der Waals surface area contributed by atoms with Crippen molar-refractivity contribution in [1.29, 1.82) is 0 Å². The molecule has 0 saturated heterocycles. The van der Waals surface area contributed by atoms with Crippen molar-refractivity contribution in [2.75, 3.05) is 0 Å². The number of ketones is 2. The molecular formula is C33H18N2O3S. The van der Waals surface area contributed by atoms with Gasteiger partial charge in [-0.25, -0.2) is 4.98 Å². The van der Waals surface area contributed by atoms with Crippen LogP contribution in [0.15, 0.2) is 113 Å². The van der Waals surface area contributed by atoms with Crippen LogP contribution in [0.2, 0.25) is 0 Å². The molecule has 0 aliphatic heterocycles. The molecule has 0 bridgehead atoms. The molecule has 5 nitrogen and oxygen atoms in total. The summed E-state index contributed by atoms with van der Waals surface area (Å²) < 4.78 is 8.10. The first-order valence-electron chi connectivity index (χ1n) is 12.5. The van der Waals surface area contributed by atoms with Gasteiger partial charge in [0, 0.05) is 22.2 Å². The lowest BCUT2D eigenvalue weighted by molar-refractivity contribution is 0.0990. The molecule has 0 amide bonds. The summed E-state index contributed by atoms with van der Waals surface area (Å²) in [6.07, 6.45) is 1.63. The van der Waals surface area contributed by atoms with Gasteiger partial charge in [0.2, 0.25) is 0 Å². The fourth-order valence-corrected chi connectivity index (χ4v) is 6.30. The molecule has 3 aromatic heterocycles. The Labute approximate surface area is 226 Å². The third-order valence-electron chi connectivity index (χ3n) is 7.20. The fourth-order valence-electron chi connectivity index (χ4n) is 5.33. The Bertz CT molecular complexity index is 2070. The summed E-state index contributed by atoms with van der Waals surface area (Å²) in [5.74, 6) is 0.777. The average Bonchev–Trinajstić information content (AvgIpc) is 3.71. The number of benzene rings is 4. The molecular weight excluding hydrogens is 504 g/mol. The molecule has 0 radical (unpaired) electrons. The molecule has 8 rings (SSSR count). The Hall–Kier alpha value is -5.07. The number of carbonyl (C=O) groups is 2. The number of Topliss-reactive ketones (excluding diaryl/α,β-unsaturated/α-hetero) is 2. The molecule has 7 aromatic rings.